The number of hydrogen-bond acceptors (Lipinski definition) is 2. The number of guanidine groups is 1. The molecule has 0 bridgehead atoms. The Hall–Kier alpha value is -0.850. The summed E-state index contributed by atoms with van der Waals surface area (Å²) < 4.78 is 0. The molecule has 2 rings (SSSR count). The molecule has 1 saturated heterocycles. The number of hydrogen-bond donors (Lipinski definition) is 1. The van der Waals surface area contributed by atoms with E-state index in [1.165, 1.54) is 30.4 Å². The zero-order valence-corrected chi connectivity index (χ0v) is 13.8. The first-order chi connectivity index (χ1) is 8.77. The predicted octanol–water partition coefficient (Wildman–Crippen LogP) is 2.35. The van der Waals surface area contributed by atoms with Gasteiger partial charge in [0.25, 0.3) is 0 Å². The van der Waals surface area contributed by atoms with Crippen molar-refractivity contribution in [1.29, 1.82) is 0 Å². The normalized spacial score (nSPS) is 16.1. The van der Waals surface area contributed by atoms with Gasteiger partial charge in [0.15, 0.2) is 5.96 Å². The van der Waals surface area contributed by atoms with Gasteiger partial charge in [-0.15, -0.1) is 24.0 Å². The van der Waals surface area contributed by atoms with Crippen molar-refractivity contribution in [2.75, 3.05) is 19.6 Å². The second kappa shape index (κ2) is 8.35. The van der Waals surface area contributed by atoms with E-state index >= 15 is 0 Å². The van der Waals surface area contributed by atoms with Crippen LogP contribution in [0.2, 0.25) is 0 Å². The van der Waals surface area contributed by atoms with Gasteiger partial charge in [-0.3, -0.25) is 9.98 Å². The maximum atomic E-state index is 6.01. The Kier molecular flexibility index (Phi) is 7.12. The van der Waals surface area contributed by atoms with Gasteiger partial charge < -0.3 is 10.6 Å². The van der Waals surface area contributed by atoms with E-state index in [0.29, 0.717) is 5.96 Å². The minimum atomic E-state index is 0. The fourth-order valence-electron chi connectivity index (χ4n) is 2.30. The lowest BCUT2D eigenvalue weighted by molar-refractivity contribution is 0.338. The van der Waals surface area contributed by atoms with Crippen LogP contribution in [0.4, 0.5) is 0 Å². The van der Waals surface area contributed by atoms with Crippen LogP contribution in [-0.2, 0) is 6.42 Å². The number of pyridine rings is 1. The molecule has 1 aliphatic rings. The second-order valence-corrected chi connectivity index (χ2v) is 4.84. The monoisotopic (exact) mass is 374 g/mol. The van der Waals surface area contributed by atoms with Gasteiger partial charge >= 0.3 is 0 Å². The summed E-state index contributed by atoms with van der Waals surface area (Å²) >= 11 is 0. The number of nitrogens with zero attached hydrogens (tertiary/aromatic N) is 3. The van der Waals surface area contributed by atoms with E-state index in [-0.39, 0.29) is 24.0 Å². The summed E-state index contributed by atoms with van der Waals surface area (Å²) in [7, 11) is 0. The van der Waals surface area contributed by atoms with Gasteiger partial charge in [0.05, 0.1) is 0 Å². The highest BCUT2D eigenvalue weighted by Crippen LogP contribution is 2.09. The predicted molar refractivity (Wildman–Crippen MR) is 90.0 cm³/mol. The zero-order valence-electron chi connectivity index (χ0n) is 11.5. The summed E-state index contributed by atoms with van der Waals surface area (Å²) in [6.07, 6.45) is 8.45. The molecule has 0 aliphatic carbocycles. The molecule has 0 radical (unpaired) electrons. The number of aliphatic imine (C=N–C) groups is 1. The highest BCUT2D eigenvalue weighted by molar-refractivity contribution is 14.0. The van der Waals surface area contributed by atoms with Crippen LogP contribution in [0.1, 0.15) is 30.4 Å². The van der Waals surface area contributed by atoms with Crippen molar-refractivity contribution in [2.45, 2.75) is 32.6 Å². The first-order valence-electron chi connectivity index (χ1n) is 6.72. The molecule has 0 saturated carbocycles. The highest BCUT2D eigenvalue weighted by atomic mass is 127. The van der Waals surface area contributed by atoms with E-state index in [1.54, 1.807) is 0 Å². The fraction of sp³-hybridized carbons (Fsp3) is 0.571. The highest BCUT2D eigenvalue weighted by Gasteiger charge is 2.11. The molecule has 0 amide bonds. The van der Waals surface area contributed by atoms with E-state index in [0.717, 1.165) is 26.1 Å². The lowest BCUT2D eigenvalue weighted by Gasteiger charge is -2.27. The number of rotatable bonds is 3. The zero-order chi connectivity index (χ0) is 12.8. The Labute approximate surface area is 132 Å². The van der Waals surface area contributed by atoms with E-state index < -0.39 is 0 Å². The average molecular weight is 374 g/mol. The molecular weight excluding hydrogens is 351 g/mol. The van der Waals surface area contributed by atoms with E-state index in [9.17, 15) is 0 Å². The molecule has 106 valence electrons. The Morgan fingerprint density at radius 1 is 1.37 bits per heavy atom. The maximum absolute atomic E-state index is 6.01. The molecule has 0 atom stereocenters. The smallest absolute Gasteiger partial charge is 0.191 e. The average Bonchev–Trinajstić information content (AvgIpc) is 2.42. The SMILES string of the molecule is Cc1cnccc1CCN=C(N)N1CCCCC1.I. The largest absolute Gasteiger partial charge is 0.370 e. The minimum Gasteiger partial charge on any atom is -0.370 e. The van der Waals surface area contributed by atoms with Crippen LogP contribution in [0.3, 0.4) is 0 Å². The Bertz CT molecular complexity index is 414. The molecule has 1 aromatic heterocycles. The van der Waals surface area contributed by atoms with Crippen LogP contribution in [0, 0.1) is 6.92 Å². The molecule has 19 heavy (non-hydrogen) atoms. The molecule has 2 heterocycles. The van der Waals surface area contributed by atoms with Crippen LogP contribution in [0.15, 0.2) is 23.5 Å². The third-order valence-corrected chi connectivity index (χ3v) is 3.47. The van der Waals surface area contributed by atoms with Crippen LogP contribution in [0.25, 0.3) is 0 Å². The van der Waals surface area contributed by atoms with E-state index in [2.05, 4.69) is 27.9 Å². The van der Waals surface area contributed by atoms with Gasteiger partial charge in [-0.25, -0.2) is 0 Å². The van der Waals surface area contributed by atoms with Crippen molar-refractivity contribution >= 4 is 29.9 Å². The second-order valence-electron chi connectivity index (χ2n) is 4.84. The molecular formula is C14H23IN4. The van der Waals surface area contributed by atoms with Crippen molar-refractivity contribution in [3.63, 3.8) is 0 Å². The number of nitrogens with two attached hydrogens (primary N) is 1. The maximum Gasteiger partial charge on any atom is 0.191 e. The van der Waals surface area contributed by atoms with Crippen LogP contribution >= 0.6 is 24.0 Å². The number of piperidine rings is 1. The van der Waals surface area contributed by atoms with Crippen LogP contribution in [0.5, 0.6) is 0 Å². The number of halogens is 1. The molecule has 0 unspecified atom stereocenters. The third kappa shape index (κ3) is 4.97. The lowest BCUT2D eigenvalue weighted by Crippen LogP contribution is -2.41. The molecule has 1 fully saturated rings. The Balaban J connectivity index is 0.00000180. The van der Waals surface area contributed by atoms with Crippen molar-refractivity contribution in [3.8, 4) is 0 Å². The summed E-state index contributed by atoms with van der Waals surface area (Å²) in [5, 5.41) is 0. The number of aryl methyl sites for hydroxylation is 1. The molecule has 1 aromatic rings. The Morgan fingerprint density at radius 3 is 2.79 bits per heavy atom. The Morgan fingerprint density at radius 2 is 2.11 bits per heavy atom. The summed E-state index contributed by atoms with van der Waals surface area (Å²) in [5.41, 5.74) is 8.55. The third-order valence-electron chi connectivity index (χ3n) is 3.47. The van der Waals surface area contributed by atoms with Crippen molar-refractivity contribution in [1.82, 2.24) is 9.88 Å². The summed E-state index contributed by atoms with van der Waals surface area (Å²) in [4.78, 5) is 10.8. The van der Waals surface area contributed by atoms with Gasteiger partial charge in [-0.05, 0) is 49.8 Å². The number of aromatic nitrogens is 1. The lowest BCUT2D eigenvalue weighted by atomic mass is 10.1. The number of likely N-dealkylation sites (tertiary alicyclic amines) is 1. The van der Waals surface area contributed by atoms with Crippen LogP contribution in [-0.4, -0.2) is 35.5 Å². The fourth-order valence-corrected chi connectivity index (χ4v) is 2.30. The van der Waals surface area contributed by atoms with Gasteiger partial charge in [-0.2, -0.15) is 0 Å². The van der Waals surface area contributed by atoms with Crippen LogP contribution < -0.4 is 5.73 Å². The van der Waals surface area contributed by atoms with Crippen molar-refractivity contribution < 1.29 is 0 Å². The van der Waals surface area contributed by atoms with Gasteiger partial charge in [0, 0.05) is 32.0 Å². The summed E-state index contributed by atoms with van der Waals surface area (Å²) in [6, 6.07) is 2.06. The van der Waals surface area contributed by atoms with Gasteiger partial charge in [0.2, 0.25) is 0 Å². The first kappa shape index (κ1) is 16.2. The molecule has 0 aromatic carbocycles. The summed E-state index contributed by atoms with van der Waals surface area (Å²) in [6.45, 7) is 4.96. The quantitative estimate of drug-likeness (QED) is 0.502. The molecule has 5 heteroatoms. The van der Waals surface area contributed by atoms with Gasteiger partial charge in [-0.1, -0.05) is 0 Å². The molecule has 4 nitrogen and oxygen atoms in total. The summed E-state index contributed by atoms with van der Waals surface area (Å²) in [5.74, 6) is 0.710. The van der Waals surface area contributed by atoms with Crippen molar-refractivity contribution in [2.24, 2.45) is 10.7 Å². The van der Waals surface area contributed by atoms with E-state index in [1.807, 2.05) is 12.4 Å². The standard InChI is InChI=1S/C14H22N4.HI/c1-12-11-16-7-5-13(12)6-8-17-14(15)18-9-3-2-4-10-18;/h5,7,11H,2-4,6,8-10H2,1H3,(H2,15,17);1H. The van der Waals surface area contributed by atoms with E-state index in [4.69, 9.17) is 5.73 Å². The van der Waals surface area contributed by atoms with Crippen molar-refractivity contribution in [3.05, 3.63) is 29.6 Å². The molecule has 2 N–H and O–H groups in total. The first-order valence-corrected chi connectivity index (χ1v) is 6.72. The molecule has 0 spiro atoms. The molecule has 1 aliphatic heterocycles. The minimum absolute atomic E-state index is 0. The van der Waals surface area contributed by atoms with Gasteiger partial charge in [0.1, 0.15) is 0 Å². The topological polar surface area (TPSA) is 54.5 Å².